The minimum atomic E-state index is -1.72. The monoisotopic (exact) mass is 245 g/mol. The van der Waals surface area contributed by atoms with Gasteiger partial charge in [-0.15, -0.1) is 0 Å². The van der Waals surface area contributed by atoms with E-state index in [0.29, 0.717) is 0 Å². The molecule has 0 heterocycles. The Kier molecular flexibility index (Phi) is 3.04. The van der Waals surface area contributed by atoms with E-state index in [2.05, 4.69) is 64.2 Å². The van der Waals surface area contributed by atoms with Crippen molar-refractivity contribution in [2.45, 2.75) is 45.0 Å². The van der Waals surface area contributed by atoms with E-state index in [1.54, 1.807) is 0 Å². The molecule has 0 fully saturated rings. The van der Waals surface area contributed by atoms with Gasteiger partial charge >= 0.3 is 0 Å². The minimum absolute atomic E-state index is 0.0343. The van der Waals surface area contributed by atoms with Crippen LogP contribution in [-0.2, 0) is 4.43 Å². The molecule has 1 aliphatic carbocycles. The van der Waals surface area contributed by atoms with Crippen LogP contribution in [0.1, 0.15) is 38.0 Å². The molecule has 1 unspecified atom stereocenters. The van der Waals surface area contributed by atoms with Crippen molar-refractivity contribution >= 4 is 14.4 Å². The number of hydrogen-bond donors (Lipinski definition) is 0. The maximum Gasteiger partial charge on any atom is 0.193 e. The Morgan fingerprint density at radius 3 is 2.47 bits per heavy atom. The third-order valence-electron chi connectivity index (χ3n) is 3.89. The summed E-state index contributed by atoms with van der Waals surface area (Å²) in [6.07, 6.45) is 5.42. The Labute approximate surface area is 106 Å². The summed E-state index contributed by atoms with van der Waals surface area (Å²) in [5.74, 6) is 0. The molecule has 0 bridgehead atoms. The van der Waals surface area contributed by atoms with Crippen LogP contribution in [0.2, 0.25) is 18.1 Å². The fourth-order valence-corrected chi connectivity index (χ4v) is 2.84. The van der Waals surface area contributed by atoms with E-state index < -0.39 is 8.32 Å². The lowest BCUT2D eigenvalue weighted by molar-refractivity contribution is 0.226. The summed E-state index contributed by atoms with van der Waals surface area (Å²) in [6, 6.07) is 8.40. The lowest BCUT2D eigenvalue weighted by Crippen LogP contribution is -2.41. The maximum absolute atomic E-state index is 6.39. The SMILES string of the molecule is CC(C)(C)[Si](C)(C)OC1[C]=Cc2ccccc21. The molecule has 2 heteroatoms. The van der Waals surface area contributed by atoms with Crippen LogP contribution in [0, 0.1) is 6.08 Å². The summed E-state index contributed by atoms with van der Waals surface area (Å²) >= 11 is 0. The highest BCUT2D eigenvalue weighted by Crippen LogP contribution is 2.41. The van der Waals surface area contributed by atoms with Gasteiger partial charge in [0.1, 0.15) is 0 Å². The van der Waals surface area contributed by atoms with Crippen LogP contribution >= 0.6 is 0 Å². The van der Waals surface area contributed by atoms with Crippen molar-refractivity contribution in [3.63, 3.8) is 0 Å². The van der Waals surface area contributed by atoms with Crippen LogP contribution < -0.4 is 0 Å². The Morgan fingerprint density at radius 1 is 1.18 bits per heavy atom. The van der Waals surface area contributed by atoms with Crippen molar-refractivity contribution in [2.75, 3.05) is 0 Å². The number of fused-ring (bicyclic) bond motifs is 1. The molecule has 0 aromatic heterocycles. The third-order valence-corrected chi connectivity index (χ3v) is 8.32. The van der Waals surface area contributed by atoms with Gasteiger partial charge in [0, 0.05) is 0 Å². The van der Waals surface area contributed by atoms with Gasteiger partial charge in [-0.25, -0.2) is 0 Å². The molecule has 1 atom stereocenters. The van der Waals surface area contributed by atoms with E-state index in [1.807, 2.05) is 6.08 Å². The van der Waals surface area contributed by atoms with Gasteiger partial charge in [0.15, 0.2) is 8.32 Å². The fourth-order valence-electron chi connectivity index (χ4n) is 1.71. The van der Waals surface area contributed by atoms with Crippen molar-refractivity contribution < 1.29 is 4.43 Å². The van der Waals surface area contributed by atoms with E-state index in [1.165, 1.54) is 11.1 Å². The van der Waals surface area contributed by atoms with Gasteiger partial charge in [0.2, 0.25) is 0 Å². The molecular weight excluding hydrogens is 224 g/mol. The van der Waals surface area contributed by atoms with E-state index in [-0.39, 0.29) is 11.1 Å². The summed E-state index contributed by atoms with van der Waals surface area (Å²) in [5, 5.41) is 0.242. The van der Waals surface area contributed by atoms with E-state index in [9.17, 15) is 0 Å². The van der Waals surface area contributed by atoms with Crippen molar-refractivity contribution in [3.05, 3.63) is 41.5 Å². The molecule has 0 spiro atoms. The molecule has 17 heavy (non-hydrogen) atoms. The van der Waals surface area contributed by atoms with Gasteiger partial charge < -0.3 is 4.43 Å². The Bertz CT molecular complexity index is 440. The van der Waals surface area contributed by atoms with E-state index >= 15 is 0 Å². The van der Waals surface area contributed by atoms with Crippen LogP contribution in [0.15, 0.2) is 24.3 Å². The summed E-state index contributed by atoms with van der Waals surface area (Å²) in [7, 11) is -1.72. The van der Waals surface area contributed by atoms with Gasteiger partial charge in [-0.05, 0) is 41.4 Å². The minimum Gasteiger partial charge on any atom is -0.406 e. The Hall–Kier alpha value is -0.863. The summed E-state index contributed by atoms with van der Waals surface area (Å²) in [6.45, 7) is 11.4. The van der Waals surface area contributed by atoms with Gasteiger partial charge in [0.25, 0.3) is 0 Å². The second kappa shape index (κ2) is 4.11. The Morgan fingerprint density at radius 2 is 1.82 bits per heavy atom. The molecular formula is C15H21OSi. The molecule has 91 valence electrons. The molecule has 2 rings (SSSR count). The van der Waals surface area contributed by atoms with Crippen LogP contribution in [0.3, 0.4) is 0 Å². The first-order valence-electron chi connectivity index (χ1n) is 6.17. The van der Waals surface area contributed by atoms with Gasteiger partial charge in [-0.1, -0.05) is 45.0 Å². The summed E-state index contributed by atoms with van der Waals surface area (Å²) < 4.78 is 6.39. The predicted molar refractivity (Wildman–Crippen MR) is 75.2 cm³/mol. The van der Waals surface area contributed by atoms with Gasteiger partial charge in [-0.2, -0.15) is 0 Å². The lowest BCUT2D eigenvalue weighted by atomic mass is 10.1. The summed E-state index contributed by atoms with van der Waals surface area (Å²) in [4.78, 5) is 0. The maximum atomic E-state index is 6.39. The van der Waals surface area contributed by atoms with Crippen LogP contribution in [-0.4, -0.2) is 8.32 Å². The lowest BCUT2D eigenvalue weighted by Gasteiger charge is -2.38. The van der Waals surface area contributed by atoms with Crippen molar-refractivity contribution in [2.24, 2.45) is 0 Å². The van der Waals surface area contributed by atoms with Crippen molar-refractivity contribution in [3.8, 4) is 0 Å². The van der Waals surface area contributed by atoms with Gasteiger partial charge in [-0.3, -0.25) is 0 Å². The molecule has 0 amide bonds. The van der Waals surface area contributed by atoms with E-state index in [0.717, 1.165) is 0 Å². The molecule has 0 aliphatic heterocycles. The zero-order valence-corrected chi connectivity index (χ0v) is 12.4. The van der Waals surface area contributed by atoms with Gasteiger partial charge in [0.05, 0.1) is 6.10 Å². The smallest absolute Gasteiger partial charge is 0.193 e. The zero-order valence-electron chi connectivity index (χ0n) is 11.4. The highest BCUT2D eigenvalue weighted by Gasteiger charge is 2.39. The third kappa shape index (κ3) is 2.38. The zero-order chi connectivity index (χ0) is 12.7. The molecule has 1 aromatic carbocycles. The number of rotatable bonds is 2. The average Bonchev–Trinajstić information content (AvgIpc) is 2.60. The molecule has 0 saturated heterocycles. The first-order valence-corrected chi connectivity index (χ1v) is 9.08. The van der Waals surface area contributed by atoms with Crippen LogP contribution in [0.25, 0.3) is 6.08 Å². The number of benzene rings is 1. The predicted octanol–water partition coefficient (Wildman–Crippen LogP) is 4.58. The van der Waals surface area contributed by atoms with Crippen molar-refractivity contribution in [1.82, 2.24) is 0 Å². The second-order valence-corrected chi connectivity index (χ2v) is 11.0. The van der Waals surface area contributed by atoms with E-state index in [4.69, 9.17) is 4.43 Å². The molecule has 1 radical (unpaired) electrons. The van der Waals surface area contributed by atoms with Crippen LogP contribution in [0.4, 0.5) is 0 Å². The average molecular weight is 245 g/mol. The molecule has 0 saturated carbocycles. The highest BCUT2D eigenvalue weighted by atomic mass is 28.4. The molecule has 1 nitrogen and oxygen atoms in total. The quantitative estimate of drug-likeness (QED) is 0.693. The van der Waals surface area contributed by atoms with Crippen LogP contribution in [0.5, 0.6) is 0 Å². The second-order valence-electron chi connectivity index (χ2n) is 6.20. The molecule has 1 aliphatic rings. The Balaban J connectivity index is 2.21. The first kappa shape index (κ1) is 12.6. The normalized spacial score (nSPS) is 19.5. The molecule has 0 N–H and O–H groups in total. The van der Waals surface area contributed by atoms with Crippen molar-refractivity contribution in [1.29, 1.82) is 0 Å². The first-order chi connectivity index (χ1) is 7.81. The fraction of sp³-hybridized carbons (Fsp3) is 0.467. The summed E-state index contributed by atoms with van der Waals surface area (Å²) in [5.41, 5.74) is 2.51. The number of hydrogen-bond acceptors (Lipinski definition) is 1. The topological polar surface area (TPSA) is 9.23 Å². The molecule has 1 aromatic rings. The highest BCUT2D eigenvalue weighted by molar-refractivity contribution is 6.74. The largest absolute Gasteiger partial charge is 0.406 e. The standard InChI is InChI=1S/C15H21OSi/c1-15(2,3)17(4,5)16-14-11-10-12-8-6-7-9-13(12)14/h6-10,14H,1-5H3.